The van der Waals surface area contributed by atoms with E-state index in [0.29, 0.717) is 0 Å². The van der Waals surface area contributed by atoms with Crippen LogP contribution in [0.3, 0.4) is 0 Å². The van der Waals surface area contributed by atoms with Crippen LogP contribution in [0.15, 0.2) is 0 Å². The molecule has 0 aromatic rings. The predicted molar refractivity (Wildman–Crippen MR) is 222 cm³/mol. The molecule has 0 heterocycles. The first-order valence-corrected chi connectivity index (χ1v) is 23.9. The zero-order valence-corrected chi connectivity index (χ0v) is 34.2. The molecule has 0 amide bonds. The van der Waals surface area contributed by atoms with Crippen molar-refractivity contribution < 1.29 is 0 Å². The highest BCUT2D eigenvalue weighted by molar-refractivity contribution is 8.01. The van der Waals surface area contributed by atoms with Gasteiger partial charge in [-0.15, -0.1) is 0 Å². The lowest BCUT2D eigenvalue weighted by atomic mass is 10.0. The minimum atomic E-state index is 1.34. The Bertz CT molecular complexity index is 457. The lowest BCUT2D eigenvalue weighted by molar-refractivity contribution is 0.520. The van der Waals surface area contributed by atoms with E-state index in [4.69, 9.17) is 0 Å². The van der Waals surface area contributed by atoms with Crippen LogP contribution in [0.1, 0.15) is 284 Å². The van der Waals surface area contributed by atoms with Crippen LogP contribution in [0.2, 0.25) is 0 Å². The number of thioether (sulfide) groups is 1. The Kier molecular flexibility index (Phi) is 46.7. The zero-order chi connectivity index (χ0) is 33.8. The highest BCUT2D eigenvalue weighted by atomic mass is 32.2. The van der Waals surface area contributed by atoms with Crippen LogP contribution in [0.25, 0.3) is 0 Å². The van der Waals surface area contributed by atoms with Gasteiger partial charge in [0.1, 0.15) is 0 Å². The van der Waals surface area contributed by atoms with Gasteiger partial charge in [-0.05, 0) is 18.6 Å². The van der Waals surface area contributed by atoms with Crippen LogP contribution in [-0.2, 0) is 0 Å². The monoisotopic (exact) mass is 678 g/mol. The van der Waals surface area contributed by atoms with Gasteiger partial charge in [0.25, 0.3) is 0 Å². The number of hydrogen-bond acceptors (Lipinski definition) is 1. The SMILES string of the molecule is CCCCCCCCCCCCCCCCCCCCCCC[CH]SCCCCCCCCCCCCCCCCCCCCCC. The summed E-state index contributed by atoms with van der Waals surface area (Å²) in [5.41, 5.74) is 0. The molecule has 0 aliphatic rings. The third-order valence-corrected chi connectivity index (χ3v) is 11.7. The molecule has 0 aromatic carbocycles. The Morgan fingerprint density at radius 1 is 0.234 bits per heavy atom. The van der Waals surface area contributed by atoms with Crippen molar-refractivity contribution >= 4 is 11.8 Å². The zero-order valence-electron chi connectivity index (χ0n) is 33.4. The molecular weight excluding hydrogens is 585 g/mol. The van der Waals surface area contributed by atoms with Crippen molar-refractivity contribution in [3.63, 3.8) is 0 Å². The fourth-order valence-electron chi connectivity index (χ4n) is 7.27. The van der Waals surface area contributed by atoms with Gasteiger partial charge in [-0.25, -0.2) is 0 Å². The Balaban J connectivity index is 3.03. The lowest BCUT2D eigenvalue weighted by Gasteiger charge is -2.05. The smallest absolute Gasteiger partial charge is 0.0166 e. The molecule has 0 unspecified atom stereocenters. The molecule has 0 aliphatic carbocycles. The van der Waals surface area contributed by atoms with E-state index in [1.54, 1.807) is 0 Å². The fourth-order valence-corrected chi connectivity index (χ4v) is 8.14. The van der Waals surface area contributed by atoms with Gasteiger partial charge in [-0.3, -0.25) is 0 Å². The van der Waals surface area contributed by atoms with Crippen molar-refractivity contribution in [1.82, 2.24) is 0 Å². The molecule has 0 saturated heterocycles. The van der Waals surface area contributed by atoms with Crippen molar-refractivity contribution in [3.8, 4) is 0 Å². The van der Waals surface area contributed by atoms with Gasteiger partial charge in [0.2, 0.25) is 0 Å². The molecule has 0 atom stereocenters. The van der Waals surface area contributed by atoms with Crippen LogP contribution in [0.4, 0.5) is 0 Å². The van der Waals surface area contributed by atoms with Gasteiger partial charge < -0.3 is 0 Å². The van der Waals surface area contributed by atoms with E-state index in [9.17, 15) is 0 Å². The first kappa shape index (κ1) is 47.4. The number of hydrogen-bond donors (Lipinski definition) is 0. The average Bonchev–Trinajstić information content (AvgIpc) is 3.08. The standard InChI is InChI=1S/C46H93S/c1-3-5-7-9-11-13-15-17-19-21-23-25-26-28-30-32-34-36-38-40-42-44-46-47-45-43-41-39-37-35-33-31-29-27-24-22-20-18-16-14-12-10-8-6-4-2/h46H,3-45H2,1-2H3. The predicted octanol–water partition coefficient (Wildman–Crippen LogP) is 18.3. The molecule has 0 nitrogen and oxygen atoms in total. The second-order valence-corrected chi connectivity index (χ2v) is 16.7. The average molecular weight is 678 g/mol. The quantitative estimate of drug-likeness (QED) is 0.0578. The molecule has 1 heteroatoms. The summed E-state index contributed by atoms with van der Waals surface area (Å²) in [4.78, 5) is 0. The van der Waals surface area contributed by atoms with Gasteiger partial charge in [0.05, 0.1) is 0 Å². The second-order valence-electron chi connectivity index (χ2n) is 15.6. The maximum absolute atomic E-state index is 2.52. The number of rotatable bonds is 44. The molecule has 0 fully saturated rings. The van der Waals surface area contributed by atoms with E-state index in [-0.39, 0.29) is 0 Å². The fraction of sp³-hybridized carbons (Fsp3) is 0.978. The largest absolute Gasteiger partial charge is 0.157 e. The molecule has 283 valence electrons. The van der Waals surface area contributed by atoms with E-state index in [1.165, 1.54) is 275 Å². The Labute approximate surface area is 305 Å². The van der Waals surface area contributed by atoms with Crippen molar-refractivity contribution in [3.05, 3.63) is 5.75 Å². The van der Waals surface area contributed by atoms with E-state index in [2.05, 4.69) is 31.4 Å². The van der Waals surface area contributed by atoms with Gasteiger partial charge in [-0.1, -0.05) is 271 Å². The highest BCUT2D eigenvalue weighted by Gasteiger charge is 1.98. The summed E-state index contributed by atoms with van der Waals surface area (Å²) in [7, 11) is 0. The third kappa shape index (κ3) is 46.3. The molecule has 0 spiro atoms. The van der Waals surface area contributed by atoms with E-state index in [0.717, 1.165) is 0 Å². The first-order chi connectivity index (χ1) is 23.4. The summed E-state index contributed by atoms with van der Waals surface area (Å²) in [5.74, 6) is 3.88. The Morgan fingerprint density at radius 2 is 0.426 bits per heavy atom. The van der Waals surface area contributed by atoms with Crippen molar-refractivity contribution in [1.29, 1.82) is 0 Å². The summed E-state index contributed by atoms with van der Waals surface area (Å²) in [5, 5.41) is 0. The second kappa shape index (κ2) is 46.4. The van der Waals surface area contributed by atoms with Crippen LogP contribution < -0.4 is 0 Å². The first-order valence-electron chi connectivity index (χ1n) is 22.8. The van der Waals surface area contributed by atoms with E-state index >= 15 is 0 Å². The van der Waals surface area contributed by atoms with Crippen LogP contribution >= 0.6 is 11.8 Å². The summed E-state index contributed by atoms with van der Waals surface area (Å²) in [6, 6.07) is 0. The summed E-state index contributed by atoms with van der Waals surface area (Å²) >= 11 is 2.11. The molecule has 0 rings (SSSR count). The molecule has 0 saturated carbocycles. The Hall–Kier alpha value is 0.350. The summed E-state index contributed by atoms with van der Waals surface area (Å²) in [6.45, 7) is 4.62. The molecule has 0 bridgehead atoms. The minimum absolute atomic E-state index is 1.34. The molecule has 47 heavy (non-hydrogen) atoms. The molecule has 0 aromatic heterocycles. The van der Waals surface area contributed by atoms with Crippen molar-refractivity contribution in [2.24, 2.45) is 0 Å². The minimum Gasteiger partial charge on any atom is -0.157 e. The van der Waals surface area contributed by atoms with Crippen LogP contribution in [0, 0.1) is 5.75 Å². The lowest BCUT2D eigenvalue weighted by Crippen LogP contribution is -1.85. The van der Waals surface area contributed by atoms with Crippen molar-refractivity contribution in [2.75, 3.05) is 5.75 Å². The summed E-state index contributed by atoms with van der Waals surface area (Å²) in [6.07, 6.45) is 61.7. The molecule has 0 aliphatic heterocycles. The number of unbranched alkanes of at least 4 members (excludes halogenated alkanes) is 40. The molecule has 0 N–H and O–H groups in total. The van der Waals surface area contributed by atoms with E-state index in [1.807, 2.05) is 0 Å². The van der Waals surface area contributed by atoms with Gasteiger partial charge in [0.15, 0.2) is 0 Å². The third-order valence-electron chi connectivity index (χ3n) is 10.7. The van der Waals surface area contributed by atoms with Crippen molar-refractivity contribution in [2.45, 2.75) is 284 Å². The summed E-state index contributed by atoms with van der Waals surface area (Å²) < 4.78 is 0. The Morgan fingerprint density at radius 3 is 0.660 bits per heavy atom. The topological polar surface area (TPSA) is 0 Å². The van der Waals surface area contributed by atoms with Gasteiger partial charge in [-0.2, -0.15) is 11.8 Å². The van der Waals surface area contributed by atoms with Gasteiger partial charge in [0, 0.05) is 5.75 Å². The molecular formula is C46H93S. The highest BCUT2D eigenvalue weighted by Crippen LogP contribution is 2.19. The maximum Gasteiger partial charge on any atom is 0.0166 e. The normalized spacial score (nSPS) is 11.6. The van der Waals surface area contributed by atoms with Crippen LogP contribution in [-0.4, -0.2) is 5.75 Å². The van der Waals surface area contributed by atoms with E-state index < -0.39 is 0 Å². The van der Waals surface area contributed by atoms with Crippen LogP contribution in [0.5, 0.6) is 0 Å². The maximum atomic E-state index is 2.52. The van der Waals surface area contributed by atoms with Gasteiger partial charge >= 0.3 is 0 Å². The molecule has 1 radical (unpaired) electrons.